The van der Waals surface area contributed by atoms with E-state index >= 15 is 0 Å². The molecule has 0 radical (unpaired) electrons. The van der Waals surface area contributed by atoms with Crippen LogP contribution in [-0.4, -0.2) is 31.1 Å². The maximum Gasteiger partial charge on any atom is 0.416 e. The molecule has 0 amide bonds. The van der Waals surface area contributed by atoms with Crippen molar-refractivity contribution in [3.8, 4) is 0 Å². The van der Waals surface area contributed by atoms with E-state index in [-0.39, 0.29) is 6.04 Å². The number of hydrazine groups is 1. The molecule has 20 heavy (non-hydrogen) atoms. The molecular formula is C14H18F3N3. The van der Waals surface area contributed by atoms with Gasteiger partial charge in [0.2, 0.25) is 0 Å². The molecule has 3 rings (SSSR count). The third-order valence-electron chi connectivity index (χ3n) is 4.31. The molecular weight excluding hydrogens is 267 g/mol. The first kappa shape index (κ1) is 13.9. The van der Waals surface area contributed by atoms with Gasteiger partial charge in [0.15, 0.2) is 0 Å². The lowest BCUT2D eigenvalue weighted by Crippen LogP contribution is -2.43. The maximum atomic E-state index is 12.6. The van der Waals surface area contributed by atoms with Crippen LogP contribution in [0.25, 0.3) is 0 Å². The molecule has 2 N–H and O–H groups in total. The Morgan fingerprint density at radius 1 is 1.15 bits per heavy atom. The second kappa shape index (κ2) is 5.02. The topological polar surface area (TPSA) is 27.3 Å². The Kier molecular flexibility index (Phi) is 3.48. The molecule has 2 saturated heterocycles. The van der Waals surface area contributed by atoms with Gasteiger partial charge in [-0.3, -0.25) is 5.43 Å². The number of halogens is 3. The Labute approximate surface area is 116 Å². The van der Waals surface area contributed by atoms with Crippen molar-refractivity contribution in [2.45, 2.75) is 24.7 Å². The molecule has 0 saturated carbocycles. The van der Waals surface area contributed by atoms with Crippen molar-refractivity contribution in [3.63, 3.8) is 0 Å². The monoisotopic (exact) mass is 285 g/mol. The summed E-state index contributed by atoms with van der Waals surface area (Å²) in [5.74, 6) is 0.394. The van der Waals surface area contributed by atoms with Gasteiger partial charge in [-0.15, -0.1) is 0 Å². The predicted molar refractivity (Wildman–Crippen MR) is 69.8 cm³/mol. The Morgan fingerprint density at radius 2 is 1.85 bits per heavy atom. The highest BCUT2D eigenvalue weighted by Crippen LogP contribution is 2.35. The zero-order valence-electron chi connectivity index (χ0n) is 11.2. The number of benzene rings is 1. The van der Waals surface area contributed by atoms with Crippen LogP contribution in [0.4, 0.5) is 13.2 Å². The van der Waals surface area contributed by atoms with Crippen LogP contribution in [0.5, 0.6) is 0 Å². The molecule has 2 fully saturated rings. The molecule has 0 aromatic heterocycles. The number of nitrogens with one attached hydrogen (secondary N) is 2. The minimum atomic E-state index is -4.27. The van der Waals surface area contributed by atoms with Gasteiger partial charge in [0, 0.05) is 18.5 Å². The molecule has 2 aliphatic heterocycles. The van der Waals surface area contributed by atoms with Gasteiger partial charge in [0.1, 0.15) is 0 Å². The van der Waals surface area contributed by atoms with Gasteiger partial charge in [-0.05, 0) is 37.7 Å². The van der Waals surface area contributed by atoms with Crippen molar-refractivity contribution in [1.29, 1.82) is 0 Å². The fourth-order valence-electron chi connectivity index (χ4n) is 3.18. The van der Waals surface area contributed by atoms with E-state index in [0.717, 1.165) is 37.2 Å². The Hall–Kier alpha value is -1.11. The van der Waals surface area contributed by atoms with Gasteiger partial charge in [-0.2, -0.15) is 13.2 Å². The fourth-order valence-corrected chi connectivity index (χ4v) is 3.18. The van der Waals surface area contributed by atoms with Crippen molar-refractivity contribution < 1.29 is 13.2 Å². The van der Waals surface area contributed by atoms with Crippen molar-refractivity contribution in [3.05, 3.63) is 35.4 Å². The second-order valence-electron chi connectivity index (χ2n) is 5.71. The molecule has 1 aromatic carbocycles. The zero-order chi connectivity index (χ0) is 14.3. The number of nitrogens with zero attached hydrogens (tertiary/aromatic N) is 1. The number of alkyl halides is 3. The molecule has 3 unspecified atom stereocenters. The molecule has 6 heteroatoms. The number of fused-ring (bicyclic) bond motifs is 1. The highest BCUT2D eigenvalue weighted by atomic mass is 19.4. The van der Waals surface area contributed by atoms with Crippen LogP contribution in [0.2, 0.25) is 0 Å². The molecule has 2 heterocycles. The minimum absolute atomic E-state index is 0.0741. The van der Waals surface area contributed by atoms with E-state index in [4.69, 9.17) is 0 Å². The van der Waals surface area contributed by atoms with Crippen LogP contribution in [0.15, 0.2) is 24.3 Å². The zero-order valence-corrected chi connectivity index (χ0v) is 11.2. The van der Waals surface area contributed by atoms with Gasteiger partial charge in [-0.25, -0.2) is 5.43 Å². The van der Waals surface area contributed by atoms with E-state index in [1.165, 1.54) is 0 Å². The highest BCUT2D eigenvalue weighted by molar-refractivity contribution is 5.28. The van der Waals surface area contributed by atoms with Crippen LogP contribution >= 0.6 is 0 Å². The van der Waals surface area contributed by atoms with Crippen molar-refractivity contribution in [1.82, 2.24) is 15.8 Å². The molecule has 3 atom stereocenters. The third-order valence-corrected chi connectivity index (χ3v) is 4.31. The summed E-state index contributed by atoms with van der Waals surface area (Å²) >= 11 is 0. The standard InChI is InChI=1S/C14H18F3N3/c1-20-7-6-12-11(8-20)13(19-18-12)9-2-4-10(5-3-9)14(15,16)17/h2-5,11-13,18-19H,6-8H2,1H3. The second-order valence-corrected chi connectivity index (χ2v) is 5.71. The average molecular weight is 285 g/mol. The maximum absolute atomic E-state index is 12.6. The normalized spacial score (nSPS) is 31.3. The first-order valence-corrected chi connectivity index (χ1v) is 6.82. The van der Waals surface area contributed by atoms with Gasteiger partial charge < -0.3 is 4.90 Å². The highest BCUT2D eigenvalue weighted by Gasteiger charge is 2.39. The number of rotatable bonds is 1. The predicted octanol–water partition coefficient (Wildman–Crippen LogP) is 2.17. The van der Waals surface area contributed by atoms with E-state index in [2.05, 4.69) is 22.8 Å². The summed E-state index contributed by atoms with van der Waals surface area (Å²) < 4.78 is 37.7. The largest absolute Gasteiger partial charge is 0.416 e. The molecule has 0 aliphatic carbocycles. The first-order valence-electron chi connectivity index (χ1n) is 6.82. The Morgan fingerprint density at radius 3 is 2.50 bits per heavy atom. The van der Waals surface area contributed by atoms with Gasteiger partial charge in [0.05, 0.1) is 11.6 Å². The van der Waals surface area contributed by atoms with Crippen LogP contribution in [0.3, 0.4) is 0 Å². The summed E-state index contributed by atoms with van der Waals surface area (Å²) in [5.41, 5.74) is 6.83. The van der Waals surface area contributed by atoms with Gasteiger partial charge in [0.25, 0.3) is 0 Å². The van der Waals surface area contributed by atoms with Crippen LogP contribution in [-0.2, 0) is 6.18 Å². The average Bonchev–Trinajstić information content (AvgIpc) is 2.81. The van der Waals surface area contributed by atoms with Crippen LogP contribution in [0.1, 0.15) is 23.6 Å². The first-order chi connectivity index (χ1) is 9.45. The molecule has 2 aliphatic rings. The Balaban J connectivity index is 1.79. The van der Waals surface area contributed by atoms with Crippen LogP contribution in [0, 0.1) is 5.92 Å². The van der Waals surface area contributed by atoms with E-state index < -0.39 is 11.7 Å². The molecule has 0 bridgehead atoms. The lowest BCUT2D eigenvalue weighted by Gasteiger charge is -2.33. The Bertz CT molecular complexity index is 472. The van der Waals surface area contributed by atoms with Crippen LogP contribution < -0.4 is 10.9 Å². The number of hydrogen-bond acceptors (Lipinski definition) is 3. The lowest BCUT2D eigenvalue weighted by molar-refractivity contribution is -0.137. The number of hydrogen-bond donors (Lipinski definition) is 2. The summed E-state index contributed by atoms with van der Waals surface area (Å²) in [4.78, 5) is 2.27. The van der Waals surface area contributed by atoms with Crippen molar-refractivity contribution in [2.24, 2.45) is 5.92 Å². The third kappa shape index (κ3) is 2.55. The molecule has 3 nitrogen and oxygen atoms in total. The number of piperidine rings is 1. The smallest absolute Gasteiger partial charge is 0.306 e. The van der Waals surface area contributed by atoms with E-state index in [0.29, 0.717) is 12.0 Å². The summed E-state index contributed by atoms with van der Waals surface area (Å²) in [6.07, 6.45) is -3.21. The van der Waals surface area contributed by atoms with Crippen molar-refractivity contribution >= 4 is 0 Å². The summed E-state index contributed by atoms with van der Waals surface area (Å²) in [7, 11) is 2.08. The quantitative estimate of drug-likeness (QED) is 0.828. The summed E-state index contributed by atoms with van der Waals surface area (Å²) in [6, 6.07) is 5.97. The molecule has 1 aromatic rings. The van der Waals surface area contributed by atoms with E-state index in [9.17, 15) is 13.2 Å². The van der Waals surface area contributed by atoms with Crippen molar-refractivity contribution in [2.75, 3.05) is 20.1 Å². The lowest BCUT2D eigenvalue weighted by atomic mass is 9.85. The van der Waals surface area contributed by atoms with E-state index in [1.807, 2.05) is 0 Å². The minimum Gasteiger partial charge on any atom is -0.306 e. The van der Waals surface area contributed by atoms with E-state index in [1.54, 1.807) is 12.1 Å². The van der Waals surface area contributed by atoms with Gasteiger partial charge in [-0.1, -0.05) is 12.1 Å². The fraction of sp³-hybridized carbons (Fsp3) is 0.571. The summed E-state index contributed by atoms with van der Waals surface area (Å²) in [6.45, 7) is 2.01. The molecule has 0 spiro atoms. The SMILES string of the molecule is CN1CCC2NNC(c3ccc(C(F)(F)F)cc3)C2C1. The molecule has 110 valence electrons. The number of likely N-dealkylation sites (tertiary alicyclic amines) is 1. The van der Waals surface area contributed by atoms with Gasteiger partial charge >= 0.3 is 6.18 Å². The summed E-state index contributed by atoms with van der Waals surface area (Å²) in [5, 5.41) is 0.